The molecule has 0 radical (unpaired) electrons. The van der Waals surface area contributed by atoms with Crippen LogP contribution in [0.15, 0.2) is 35.3 Å². The highest BCUT2D eigenvalue weighted by Crippen LogP contribution is 2.27. The monoisotopic (exact) mass is 431 g/mol. The van der Waals surface area contributed by atoms with Gasteiger partial charge in [0.15, 0.2) is 0 Å². The molecule has 160 valence electrons. The molecular weight excluding hydrogens is 406 g/mol. The number of halogens is 1. The molecule has 8 nitrogen and oxygen atoms in total. The third-order valence-electron chi connectivity index (χ3n) is 6.16. The predicted molar refractivity (Wildman–Crippen MR) is 117 cm³/mol. The molecule has 0 amide bonds. The van der Waals surface area contributed by atoms with Crippen LogP contribution in [0.4, 0.5) is 11.4 Å². The molecule has 1 aliphatic heterocycles. The number of benzene rings is 1. The lowest BCUT2D eigenvalue weighted by Gasteiger charge is -2.38. The molecule has 9 heteroatoms. The summed E-state index contributed by atoms with van der Waals surface area (Å²) in [6.07, 6.45) is 8.39. The van der Waals surface area contributed by atoms with E-state index in [0.717, 1.165) is 32.1 Å². The summed E-state index contributed by atoms with van der Waals surface area (Å²) in [6, 6.07) is 5.67. The number of piperazine rings is 1. The zero-order chi connectivity index (χ0) is 21.1. The summed E-state index contributed by atoms with van der Waals surface area (Å²) in [6.45, 7) is 4.71. The molecule has 2 fully saturated rings. The first-order valence-corrected chi connectivity index (χ1v) is 10.9. The maximum atomic E-state index is 12.8. The number of nitro benzene ring substituents is 1. The first-order chi connectivity index (χ1) is 14.5. The highest BCUT2D eigenvalue weighted by atomic mass is 35.5. The lowest BCUT2D eigenvalue weighted by atomic mass is 9.89. The van der Waals surface area contributed by atoms with Gasteiger partial charge in [0.1, 0.15) is 5.02 Å². The van der Waals surface area contributed by atoms with Crippen molar-refractivity contribution >= 4 is 23.0 Å². The van der Waals surface area contributed by atoms with Gasteiger partial charge in [-0.1, -0.05) is 30.9 Å². The van der Waals surface area contributed by atoms with Crippen LogP contribution in [-0.4, -0.2) is 52.3 Å². The zero-order valence-corrected chi connectivity index (χ0v) is 17.6. The van der Waals surface area contributed by atoms with E-state index >= 15 is 0 Å². The van der Waals surface area contributed by atoms with Gasteiger partial charge in [-0.25, -0.2) is 0 Å². The van der Waals surface area contributed by atoms with Crippen molar-refractivity contribution in [1.29, 1.82) is 0 Å². The van der Waals surface area contributed by atoms with Gasteiger partial charge in [-0.15, -0.1) is 0 Å². The van der Waals surface area contributed by atoms with Gasteiger partial charge in [0.25, 0.3) is 11.2 Å². The maximum absolute atomic E-state index is 12.8. The summed E-state index contributed by atoms with van der Waals surface area (Å²) in [5.41, 5.74) is 0.627. The molecule has 0 N–H and O–H groups in total. The van der Waals surface area contributed by atoms with E-state index in [1.165, 1.54) is 67.6 Å². The number of nitro groups is 1. The van der Waals surface area contributed by atoms with Crippen LogP contribution in [0.1, 0.15) is 32.1 Å². The van der Waals surface area contributed by atoms with Gasteiger partial charge in [-0.3, -0.25) is 19.8 Å². The minimum absolute atomic E-state index is 0.0411. The number of anilines is 1. The fourth-order valence-corrected chi connectivity index (χ4v) is 4.70. The lowest BCUT2D eigenvalue weighted by molar-refractivity contribution is -0.384. The van der Waals surface area contributed by atoms with Crippen LogP contribution in [-0.2, 0) is 0 Å². The number of non-ortho nitro benzene ring substituents is 1. The van der Waals surface area contributed by atoms with Crippen molar-refractivity contribution in [2.45, 2.75) is 32.1 Å². The summed E-state index contributed by atoms with van der Waals surface area (Å²) in [5.74, 6) is 0.821. The molecule has 2 aromatic rings. The minimum atomic E-state index is -0.482. The molecule has 1 aromatic carbocycles. The van der Waals surface area contributed by atoms with Crippen molar-refractivity contribution < 1.29 is 4.92 Å². The van der Waals surface area contributed by atoms with Crippen molar-refractivity contribution in [2.75, 3.05) is 37.6 Å². The molecular formula is C21H26ClN5O3. The van der Waals surface area contributed by atoms with Crippen LogP contribution < -0.4 is 10.5 Å². The summed E-state index contributed by atoms with van der Waals surface area (Å²) in [4.78, 5) is 27.7. The summed E-state index contributed by atoms with van der Waals surface area (Å²) in [5, 5.41) is 15.2. The van der Waals surface area contributed by atoms with E-state index in [-0.39, 0.29) is 10.7 Å². The Bertz CT molecular complexity index is 948. The minimum Gasteiger partial charge on any atom is -0.366 e. The van der Waals surface area contributed by atoms with Crippen molar-refractivity contribution in [2.24, 2.45) is 5.92 Å². The Morgan fingerprint density at radius 2 is 1.73 bits per heavy atom. The molecule has 4 rings (SSSR count). The summed E-state index contributed by atoms with van der Waals surface area (Å²) >= 11 is 6.42. The van der Waals surface area contributed by atoms with E-state index in [1.807, 2.05) is 0 Å². The van der Waals surface area contributed by atoms with Crippen molar-refractivity contribution in [1.82, 2.24) is 14.7 Å². The van der Waals surface area contributed by atoms with E-state index in [9.17, 15) is 14.9 Å². The van der Waals surface area contributed by atoms with Crippen LogP contribution in [0.3, 0.4) is 0 Å². The molecule has 30 heavy (non-hydrogen) atoms. The Morgan fingerprint density at radius 1 is 1.07 bits per heavy atom. The van der Waals surface area contributed by atoms with Gasteiger partial charge in [0, 0.05) is 44.9 Å². The topological polar surface area (TPSA) is 84.5 Å². The molecule has 1 saturated carbocycles. The second-order valence-electron chi connectivity index (χ2n) is 8.13. The van der Waals surface area contributed by atoms with Gasteiger partial charge in [-0.2, -0.15) is 9.78 Å². The molecule has 0 atom stereocenters. The molecule has 2 heterocycles. The third kappa shape index (κ3) is 4.49. The molecule has 0 spiro atoms. The van der Waals surface area contributed by atoms with Crippen molar-refractivity contribution in [3.05, 3.63) is 56.0 Å². The molecule has 0 bridgehead atoms. The van der Waals surface area contributed by atoms with Gasteiger partial charge >= 0.3 is 0 Å². The number of hydrogen-bond donors (Lipinski definition) is 0. The fourth-order valence-electron chi connectivity index (χ4n) is 4.45. The number of rotatable bonds is 5. The van der Waals surface area contributed by atoms with E-state index in [2.05, 4.69) is 14.9 Å². The molecule has 1 aliphatic carbocycles. The van der Waals surface area contributed by atoms with E-state index in [1.54, 1.807) is 6.20 Å². The third-order valence-corrected chi connectivity index (χ3v) is 6.52. The zero-order valence-electron chi connectivity index (χ0n) is 16.9. The quantitative estimate of drug-likeness (QED) is 0.532. The normalized spacial score (nSPS) is 18.5. The Balaban J connectivity index is 1.43. The Morgan fingerprint density at radius 3 is 2.37 bits per heavy atom. The molecule has 2 aliphatic rings. The molecule has 0 unspecified atom stereocenters. The number of hydrogen-bond acceptors (Lipinski definition) is 6. The van der Waals surface area contributed by atoms with Gasteiger partial charge in [-0.05, 0) is 30.9 Å². The van der Waals surface area contributed by atoms with Crippen LogP contribution in [0.25, 0.3) is 5.69 Å². The fraction of sp³-hybridized carbons (Fsp3) is 0.524. The maximum Gasteiger partial charge on any atom is 0.292 e. The van der Waals surface area contributed by atoms with Gasteiger partial charge < -0.3 is 4.90 Å². The van der Waals surface area contributed by atoms with E-state index < -0.39 is 10.5 Å². The average Bonchev–Trinajstić information content (AvgIpc) is 2.77. The second-order valence-corrected chi connectivity index (χ2v) is 8.50. The SMILES string of the molecule is O=c1c(Cl)c(N2CCN(CC3CCCCC3)CC2)cnn1-c1ccc([N+](=O)[O-])cc1. The second kappa shape index (κ2) is 9.14. The van der Waals surface area contributed by atoms with Gasteiger partial charge in [0.05, 0.1) is 22.5 Å². The van der Waals surface area contributed by atoms with Crippen LogP contribution in [0, 0.1) is 16.0 Å². The molecule has 1 aromatic heterocycles. The Kier molecular flexibility index (Phi) is 6.34. The van der Waals surface area contributed by atoms with Gasteiger partial charge in [0.2, 0.25) is 0 Å². The number of aromatic nitrogens is 2. The highest BCUT2D eigenvalue weighted by Gasteiger charge is 2.24. The van der Waals surface area contributed by atoms with Crippen LogP contribution in [0.5, 0.6) is 0 Å². The smallest absolute Gasteiger partial charge is 0.292 e. The van der Waals surface area contributed by atoms with Crippen LogP contribution in [0.2, 0.25) is 5.02 Å². The van der Waals surface area contributed by atoms with Crippen molar-refractivity contribution in [3.63, 3.8) is 0 Å². The standard InChI is InChI=1S/C21H26ClN5O3/c22-20-19(25-12-10-24(11-13-25)15-16-4-2-1-3-5-16)14-23-26(21(20)28)17-6-8-18(9-7-17)27(29)30/h6-9,14,16H,1-5,10-13,15H2. The largest absolute Gasteiger partial charge is 0.366 e. The lowest BCUT2D eigenvalue weighted by Crippen LogP contribution is -2.48. The van der Waals surface area contributed by atoms with E-state index in [0.29, 0.717) is 11.4 Å². The first kappa shape index (κ1) is 20.8. The predicted octanol–water partition coefficient (Wildman–Crippen LogP) is 3.50. The highest BCUT2D eigenvalue weighted by molar-refractivity contribution is 6.33. The Hall–Kier alpha value is -2.45. The first-order valence-electron chi connectivity index (χ1n) is 10.5. The number of nitrogens with zero attached hydrogens (tertiary/aromatic N) is 5. The van der Waals surface area contributed by atoms with Crippen molar-refractivity contribution in [3.8, 4) is 5.69 Å². The summed E-state index contributed by atoms with van der Waals surface area (Å²) < 4.78 is 1.18. The van der Waals surface area contributed by atoms with E-state index in [4.69, 9.17) is 11.6 Å². The van der Waals surface area contributed by atoms with Crippen LogP contribution >= 0.6 is 11.6 Å². The average molecular weight is 432 g/mol. The summed E-state index contributed by atoms with van der Waals surface area (Å²) in [7, 11) is 0. The molecule has 1 saturated heterocycles. The Labute approximate surface area is 180 Å².